The maximum atomic E-state index is 13.7. The Labute approximate surface area is 306 Å². The van der Waals surface area contributed by atoms with Crippen LogP contribution < -0.4 is 9.47 Å². The first-order chi connectivity index (χ1) is 25.7. The third kappa shape index (κ3) is 9.69. The molecule has 0 aliphatic heterocycles. The van der Waals surface area contributed by atoms with E-state index in [2.05, 4.69) is 4.89 Å². The molecule has 0 aliphatic rings. The zero-order chi connectivity index (χ0) is 37.8. The molecule has 0 atom stereocenters. The summed E-state index contributed by atoms with van der Waals surface area (Å²) in [5.74, 6) is -1.72. The van der Waals surface area contributed by atoms with Gasteiger partial charge in [0.2, 0.25) is 9.84 Å². The van der Waals surface area contributed by atoms with Crippen LogP contribution in [-0.2, 0) is 39.0 Å². The molecule has 268 valence electrons. The molecule has 11 heteroatoms. The average Bonchev–Trinajstić information content (AvgIpc) is 3.18. The number of carboxylic acids is 1. The third-order valence-electron chi connectivity index (χ3n) is 8.05. The third-order valence-corrected chi connectivity index (χ3v) is 9.80. The van der Waals surface area contributed by atoms with Gasteiger partial charge in [0, 0.05) is 5.56 Å². The molecule has 0 fully saturated rings. The van der Waals surface area contributed by atoms with Gasteiger partial charge in [-0.25, -0.2) is 22.9 Å². The van der Waals surface area contributed by atoms with Crippen LogP contribution in [0.3, 0.4) is 0 Å². The minimum absolute atomic E-state index is 0.0775. The normalized spacial score (nSPS) is 10.8. The van der Waals surface area contributed by atoms with E-state index in [0.717, 1.165) is 16.7 Å². The molecular weight excluding hydrogens is 697 g/mol. The Morgan fingerprint density at radius 1 is 0.585 bits per heavy atom. The molecule has 0 heterocycles. The number of carbonyl (C=O) groups is 3. The lowest BCUT2D eigenvalue weighted by Crippen LogP contribution is -2.15. The number of hydrogen-bond acceptors (Lipinski definition) is 9. The van der Waals surface area contributed by atoms with Crippen LogP contribution in [0.5, 0.6) is 17.2 Å². The van der Waals surface area contributed by atoms with E-state index in [9.17, 15) is 28.4 Å². The number of carboxylic acid groups (broad SMARTS) is 1. The van der Waals surface area contributed by atoms with Crippen molar-refractivity contribution in [1.82, 2.24) is 0 Å². The smallest absolute Gasteiger partial charge is 0.344 e. The van der Waals surface area contributed by atoms with Crippen molar-refractivity contribution in [2.24, 2.45) is 0 Å². The van der Waals surface area contributed by atoms with Gasteiger partial charge in [0.1, 0.15) is 30.6 Å². The molecule has 0 amide bonds. The van der Waals surface area contributed by atoms with Crippen molar-refractivity contribution < 1.29 is 47.5 Å². The summed E-state index contributed by atoms with van der Waals surface area (Å²) in [6.07, 6.45) is 1.13. The fourth-order valence-electron chi connectivity index (χ4n) is 5.58. The van der Waals surface area contributed by atoms with Crippen molar-refractivity contribution in [3.63, 3.8) is 0 Å². The number of aromatic carboxylic acids is 1. The Kier molecular flexibility index (Phi) is 12.6. The molecule has 6 aromatic carbocycles. The number of ether oxygens (including phenoxy) is 2. The van der Waals surface area contributed by atoms with Crippen LogP contribution in [0.2, 0.25) is 0 Å². The van der Waals surface area contributed by atoms with Crippen molar-refractivity contribution in [2.45, 2.75) is 29.2 Å². The fourth-order valence-corrected chi connectivity index (χ4v) is 6.91. The summed E-state index contributed by atoms with van der Waals surface area (Å²) >= 11 is 0. The highest BCUT2D eigenvalue weighted by Crippen LogP contribution is 2.32. The number of sulfone groups is 1. The van der Waals surface area contributed by atoms with E-state index >= 15 is 0 Å². The molecule has 6 rings (SSSR count). The average molecular weight is 731 g/mol. The first-order valence-corrected chi connectivity index (χ1v) is 17.6. The summed E-state index contributed by atoms with van der Waals surface area (Å²) in [4.78, 5) is 37.4. The molecule has 10 nitrogen and oxygen atoms in total. The van der Waals surface area contributed by atoms with Gasteiger partial charge in [-0.15, -0.1) is 0 Å². The van der Waals surface area contributed by atoms with Crippen LogP contribution in [-0.4, -0.2) is 37.5 Å². The number of benzene rings is 6. The minimum atomic E-state index is -4.13. The van der Waals surface area contributed by atoms with Gasteiger partial charge in [-0.2, -0.15) is 0 Å². The van der Waals surface area contributed by atoms with Gasteiger partial charge in [0.25, 0.3) is 0 Å². The van der Waals surface area contributed by atoms with Gasteiger partial charge >= 0.3 is 11.9 Å². The molecule has 0 aromatic heterocycles. The lowest BCUT2D eigenvalue weighted by molar-refractivity contribution is -0.253. The summed E-state index contributed by atoms with van der Waals surface area (Å²) in [5.41, 5.74) is 3.92. The van der Waals surface area contributed by atoms with E-state index in [1.165, 1.54) is 54.6 Å². The molecule has 0 bridgehead atoms. The summed E-state index contributed by atoms with van der Waals surface area (Å²) in [6, 6.07) is 40.6. The molecule has 0 saturated heterocycles. The molecule has 0 unspecified atom stereocenters. The highest BCUT2D eigenvalue weighted by molar-refractivity contribution is 7.91. The van der Waals surface area contributed by atoms with Gasteiger partial charge in [0.05, 0.1) is 20.9 Å². The minimum Gasteiger partial charge on any atom is -0.478 e. The van der Waals surface area contributed by atoms with Crippen molar-refractivity contribution in [3.05, 3.63) is 185 Å². The fraction of sp³-hybridized carbons (Fsp3) is 0.0714. The maximum absolute atomic E-state index is 13.7. The number of hydrogen-bond donors (Lipinski definition) is 2. The summed E-state index contributed by atoms with van der Waals surface area (Å²) in [5, 5.41) is 19.1. The highest BCUT2D eigenvalue weighted by Gasteiger charge is 2.23. The first-order valence-electron chi connectivity index (χ1n) is 16.2. The van der Waals surface area contributed by atoms with Gasteiger partial charge in [0.15, 0.2) is 0 Å². The molecule has 6 aromatic rings. The Hall–Kier alpha value is -6.40. The van der Waals surface area contributed by atoms with Crippen LogP contribution in [0.4, 0.5) is 0 Å². The predicted octanol–water partition coefficient (Wildman–Crippen LogP) is 8.22. The second-order valence-electron chi connectivity index (χ2n) is 11.7. The summed E-state index contributed by atoms with van der Waals surface area (Å²) in [7, 11) is -4.13. The van der Waals surface area contributed by atoms with E-state index in [-0.39, 0.29) is 39.0 Å². The molecular formula is C42H34O10S. The van der Waals surface area contributed by atoms with E-state index in [0.29, 0.717) is 29.7 Å². The lowest BCUT2D eigenvalue weighted by atomic mass is 9.99. The van der Waals surface area contributed by atoms with Gasteiger partial charge in [-0.05, 0) is 95.8 Å². The number of esters is 1. The second kappa shape index (κ2) is 17.7. The van der Waals surface area contributed by atoms with Crippen molar-refractivity contribution in [2.75, 3.05) is 0 Å². The Morgan fingerprint density at radius 3 is 1.72 bits per heavy atom. The highest BCUT2D eigenvalue weighted by atomic mass is 32.2. The maximum Gasteiger partial charge on any atom is 0.344 e. The molecule has 0 aliphatic carbocycles. The molecule has 0 saturated carbocycles. The summed E-state index contributed by atoms with van der Waals surface area (Å²) < 4.78 is 39.0. The number of rotatable bonds is 13. The van der Waals surface area contributed by atoms with Crippen molar-refractivity contribution in [3.8, 4) is 17.2 Å². The summed E-state index contributed by atoms with van der Waals surface area (Å²) in [6.45, 7) is 1.85. The topological polar surface area (TPSA) is 154 Å². The van der Waals surface area contributed by atoms with Crippen LogP contribution in [0.15, 0.2) is 155 Å². The van der Waals surface area contributed by atoms with E-state index in [1.54, 1.807) is 18.2 Å². The van der Waals surface area contributed by atoms with Crippen molar-refractivity contribution in [1.29, 1.82) is 0 Å². The standard InChI is InChI=1S/C41H32O9S.CH2O/c42-40(43)38-24-31(22-29-11-5-2-6-12-29)17-19-37(38)41(44)50-34-14-8-16-36(26-34)51(46,47)35-15-7-13-33(25-35)49-39-20-18-30(23-32(39)27-48-45)21-28-9-3-1-4-10-28;1-2/h1-20,23-26,45H,21-22,27H2,(H,42,43);1H2. The first kappa shape index (κ1) is 37.8. The molecule has 2 N–H and O–H groups in total. The zero-order valence-corrected chi connectivity index (χ0v) is 29.1. The Balaban J connectivity index is 0.00000266. The SMILES string of the molecule is C=O.O=C(O)c1cc(Cc2ccccc2)ccc1C(=O)Oc1cccc(S(=O)(=O)c2cccc(Oc3ccc(Cc4ccccc4)cc3COO)c2)c1. The quantitative estimate of drug-likeness (QED) is 0.0514. The second-order valence-corrected chi connectivity index (χ2v) is 13.6. The van der Waals surface area contributed by atoms with E-state index < -0.39 is 21.8 Å². The Bertz CT molecular complexity index is 2310. The molecule has 53 heavy (non-hydrogen) atoms. The lowest BCUT2D eigenvalue weighted by Gasteiger charge is -2.14. The van der Waals surface area contributed by atoms with Crippen LogP contribution in [0, 0.1) is 0 Å². The monoisotopic (exact) mass is 730 g/mol. The zero-order valence-electron chi connectivity index (χ0n) is 28.3. The van der Waals surface area contributed by atoms with E-state index in [4.69, 9.17) is 14.3 Å². The molecule has 0 radical (unpaired) electrons. The van der Waals surface area contributed by atoms with Crippen LogP contribution in [0.1, 0.15) is 48.5 Å². The van der Waals surface area contributed by atoms with Crippen molar-refractivity contribution >= 4 is 28.6 Å². The van der Waals surface area contributed by atoms with Crippen LogP contribution in [0.25, 0.3) is 0 Å². The molecule has 0 spiro atoms. The van der Waals surface area contributed by atoms with Gasteiger partial charge < -0.3 is 19.4 Å². The van der Waals surface area contributed by atoms with Crippen LogP contribution >= 0.6 is 0 Å². The number of carbonyl (C=O) groups excluding carboxylic acids is 2. The van der Waals surface area contributed by atoms with Gasteiger partial charge in [-0.1, -0.05) is 84.9 Å². The van der Waals surface area contributed by atoms with E-state index in [1.807, 2.05) is 79.6 Å². The van der Waals surface area contributed by atoms with Gasteiger partial charge in [-0.3, -0.25) is 5.26 Å². The Morgan fingerprint density at radius 2 is 1.13 bits per heavy atom. The predicted molar refractivity (Wildman–Crippen MR) is 196 cm³/mol. The largest absolute Gasteiger partial charge is 0.478 e.